The number of phenols is 1. The van der Waals surface area contributed by atoms with Crippen LogP contribution in [-0.4, -0.2) is 29.4 Å². The van der Waals surface area contributed by atoms with Crippen LogP contribution in [0.15, 0.2) is 29.4 Å². The topological polar surface area (TPSA) is 83.8 Å². The summed E-state index contributed by atoms with van der Waals surface area (Å²) >= 11 is 1.20. The van der Waals surface area contributed by atoms with E-state index < -0.39 is 5.97 Å². The molecule has 1 aromatic heterocycles. The number of esters is 1. The average molecular weight is 305 g/mol. The van der Waals surface area contributed by atoms with Gasteiger partial charge in [0, 0.05) is 0 Å². The molecule has 6 nitrogen and oxygen atoms in total. The summed E-state index contributed by atoms with van der Waals surface area (Å²) in [5, 5.41) is 13.9. The number of anilines is 1. The Morgan fingerprint density at radius 1 is 1.57 bits per heavy atom. The van der Waals surface area contributed by atoms with Crippen LogP contribution in [-0.2, 0) is 11.2 Å². The van der Waals surface area contributed by atoms with Gasteiger partial charge in [0.15, 0.2) is 0 Å². The molecule has 2 N–H and O–H groups in total. The normalized spacial score (nSPS) is 10.8. The lowest BCUT2D eigenvalue weighted by Gasteiger charge is -1.95. The van der Waals surface area contributed by atoms with Gasteiger partial charge in [0.05, 0.1) is 19.0 Å². The van der Waals surface area contributed by atoms with E-state index in [4.69, 9.17) is 4.74 Å². The smallest absolute Gasteiger partial charge is 0.350 e. The molecular formula is C14H15N3O3S. The molecular weight excluding hydrogens is 290 g/mol. The summed E-state index contributed by atoms with van der Waals surface area (Å²) in [4.78, 5) is 16.4. The van der Waals surface area contributed by atoms with Crippen LogP contribution in [0.1, 0.15) is 27.9 Å². The molecule has 0 aliphatic rings. The van der Waals surface area contributed by atoms with Gasteiger partial charge in [-0.2, -0.15) is 5.10 Å². The van der Waals surface area contributed by atoms with Crippen molar-refractivity contribution in [1.82, 2.24) is 4.98 Å². The molecule has 0 saturated heterocycles. The molecule has 0 amide bonds. The number of carbonyl (C=O) groups is 1. The second-order valence-electron chi connectivity index (χ2n) is 4.10. The van der Waals surface area contributed by atoms with Gasteiger partial charge in [-0.15, -0.1) is 0 Å². The fourth-order valence-electron chi connectivity index (χ4n) is 1.66. The molecule has 0 fully saturated rings. The molecule has 0 bridgehead atoms. The number of hydrogen-bond acceptors (Lipinski definition) is 7. The number of carbonyl (C=O) groups excluding carboxylic acids is 1. The van der Waals surface area contributed by atoms with Gasteiger partial charge >= 0.3 is 5.97 Å². The van der Waals surface area contributed by atoms with E-state index in [1.54, 1.807) is 24.4 Å². The Kier molecular flexibility index (Phi) is 4.89. The molecule has 0 radical (unpaired) electrons. The first-order valence-corrected chi connectivity index (χ1v) is 7.11. The summed E-state index contributed by atoms with van der Waals surface area (Å²) < 4.78 is 4.72. The van der Waals surface area contributed by atoms with Crippen LogP contribution in [0.5, 0.6) is 5.75 Å². The number of nitrogens with zero attached hydrogens (tertiary/aromatic N) is 2. The van der Waals surface area contributed by atoms with Gasteiger partial charge in [-0.05, 0) is 24.1 Å². The monoisotopic (exact) mass is 305 g/mol. The van der Waals surface area contributed by atoms with Crippen molar-refractivity contribution in [2.75, 3.05) is 12.5 Å². The van der Waals surface area contributed by atoms with E-state index in [1.165, 1.54) is 18.4 Å². The Morgan fingerprint density at radius 2 is 2.38 bits per heavy atom. The highest BCUT2D eigenvalue weighted by Gasteiger charge is 2.17. The third-order valence-electron chi connectivity index (χ3n) is 2.65. The molecule has 1 heterocycles. The first-order valence-electron chi connectivity index (χ1n) is 6.30. The zero-order valence-corrected chi connectivity index (χ0v) is 12.5. The molecule has 21 heavy (non-hydrogen) atoms. The predicted molar refractivity (Wildman–Crippen MR) is 82.2 cm³/mol. The standard InChI is InChI=1S/C14H15N3O3S/c1-3-11-12(13(19)20-2)21-14(16-11)17-15-8-9-5-4-6-10(18)7-9/h4-8,18H,3H2,1-2H3,(H,16,17)/b15-8-. The van der Waals surface area contributed by atoms with Crippen molar-refractivity contribution in [3.05, 3.63) is 40.4 Å². The van der Waals surface area contributed by atoms with Crippen molar-refractivity contribution >= 4 is 28.7 Å². The first kappa shape index (κ1) is 15.0. The van der Waals surface area contributed by atoms with E-state index in [-0.39, 0.29) is 5.75 Å². The Labute approximate surface area is 126 Å². The number of hydrogen-bond donors (Lipinski definition) is 2. The van der Waals surface area contributed by atoms with E-state index in [2.05, 4.69) is 15.5 Å². The van der Waals surface area contributed by atoms with E-state index in [9.17, 15) is 9.90 Å². The van der Waals surface area contributed by atoms with Crippen molar-refractivity contribution in [2.24, 2.45) is 5.10 Å². The second-order valence-corrected chi connectivity index (χ2v) is 5.10. The van der Waals surface area contributed by atoms with Crippen molar-refractivity contribution in [1.29, 1.82) is 0 Å². The lowest BCUT2D eigenvalue weighted by Crippen LogP contribution is -2.01. The van der Waals surface area contributed by atoms with Crippen LogP contribution in [0.3, 0.4) is 0 Å². The molecule has 110 valence electrons. The minimum Gasteiger partial charge on any atom is -0.508 e. The number of hydrazone groups is 1. The van der Waals surface area contributed by atoms with Gasteiger partial charge in [0.2, 0.25) is 5.13 Å². The number of nitrogens with one attached hydrogen (secondary N) is 1. The molecule has 0 aliphatic carbocycles. The van der Waals surface area contributed by atoms with Gasteiger partial charge in [-0.25, -0.2) is 9.78 Å². The fourth-order valence-corrected chi connectivity index (χ4v) is 2.58. The van der Waals surface area contributed by atoms with E-state index in [1.807, 2.05) is 13.0 Å². The van der Waals surface area contributed by atoms with Gasteiger partial charge in [0.1, 0.15) is 10.6 Å². The van der Waals surface area contributed by atoms with Gasteiger partial charge in [-0.1, -0.05) is 30.4 Å². The predicted octanol–water partition coefficient (Wildman–Crippen LogP) is 2.64. The molecule has 0 atom stereocenters. The molecule has 7 heteroatoms. The fraction of sp³-hybridized carbons (Fsp3) is 0.214. The number of rotatable bonds is 5. The Hall–Kier alpha value is -2.41. The summed E-state index contributed by atoms with van der Waals surface area (Å²) in [5.41, 5.74) is 4.21. The zero-order chi connectivity index (χ0) is 15.2. The maximum atomic E-state index is 11.6. The lowest BCUT2D eigenvalue weighted by molar-refractivity contribution is 0.0605. The largest absolute Gasteiger partial charge is 0.508 e. The average Bonchev–Trinajstić information content (AvgIpc) is 2.90. The molecule has 0 unspecified atom stereocenters. The van der Waals surface area contributed by atoms with Crippen LogP contribution < -0.4 is 5.43 Å². The maximum absolute atomic E-state index is 11.6. The summed E-state index contributed by atoms with van der Waals surface area (Å²) in [5.74, 6) is -0.219. The number of methoxy groups -OCH3 is 1. The van der Waals surface area contributed by atoms with Crippen LogP contribution in [0.25, 0.3) is 0 Å². The van der Waals surface area contributed by atoms with Crippen LogP contribution in [0.2, 0.25) is 0 Å². The third kappa shape index (κ3) is 3.79. The molecule has 0 spiro atoms. The number of aromatic nitrogens is 1. The van der Waals surface area contributed by atoms with E-state index in [0.29, 0.717) is 22.1 Å². The van der Waals surface area contributed by atoms with Crippen LogP contribution in [0.4, 0.5) is 5.13 Å². The van der Waals surface area contributed by atoms with E-state index in [0.717, 1.165) is 5.56 Å². The van der Waals surface area contributed by atoms with Crippen molar-refractivity contribution < 1.29 is 14.6 Å². The Bertz CT molecular complexity index is 667. The van der Waals surface area contributed by atoms with Crippen molar-refractivity contribution in [2.45, 2.75) is 13.3 Å². The summed E-state index contributed by atoms with van der Waals surface area (Å²) in [6, 6.07) is 6.71. The minimum atomic E-state index is -0.394. The van der Waals surface area contributed by atoms with Gasteiger partial charge in [0.25, 0.3) is 0 Å². The second kappa shape index (κ2) is 6.85. The highest BCUT2D eigenvalue weighted by Crippen LogP contribution is 2.24. The molecule has 2 rings (SSSR count). The van der Waals surface area contributed by atoms with Gasteiger partial charge < -0.3 is 9.84 Å². The third-order valence-corrected chi connectivity index (χ3v) is 3.63. The van der Waals surface area contributed by atoms with Crippen molar-refractivity contribution in [3.8, 4) is 5.75 Å². The molecule has 2 aromatic rings. The quantitative estimate of drug-likeness (QED) is 0.504. The zero-order valence-electron chi connectivity index (χ0n) is 11.7. The Balaban J connectivity index is 2.10. The number of thiazole rings is 1. The molecule has 1 aromatic carbocycles. The first-order chi connectivity index (χ1) is 10.1. The lowest BCUT2D eigenvalue weighted by atomic mass is 10.2. The summed E-state index contributed by atoms with van der Waals surface area (Å²) in [6.07, 6.45) is 2.20. The number of ether oxygens (including phenoxy) is 1. The summed E-state index contributed by atoms with van der Waals surface area (Å²) in [7, 11) is 1.34. The number of benzene rings is 1. The van der Waals surface area contributed by atoms with E-state index >= 15 is 0 Å². The summed E-state index contributed by atoms with van der Waals surface area (Å²) in [6.45, 7) is 1.92. The maximum Gasteiger partial charge on any atom is 0.350 e. The molecule has 0 saturated carbocycles. The minimum absolute atomic E-state index is 0.175. The van der Waals surface area contributed by atoms with Gasteiger partial charge in [-0.3, -0.25) is 5.43 Å². The highest BCUT2D eigenvalue weighted by atomic mass is 32.1. The number of aryl methyl sites for hydroxylation is 1. The van der Waals surface area contributed by atoms with Crippen molar-refractivity contribution in [3.63, 3.8) is 0 Å². The number of aromatic hydroxyl groups is 1. The van der Waals surface area contributed by atoms with Crippen LogP contribution in [0, 0.1) is 0 Å². The SMILES string of the molecule is CCc1nc(N/N=C\c2cccc(O)c2)sc1C(=O)OC. The number of phenolic OH excluding ortho intramolecular Hbond substituents is 1. The molecule has 0 aliphatic heterocycles. The van der Waals surface area contributed by atoms with Crippen LogP contribution >= 0.6 is 11.3 Å². The Morgan fingerprint density at radius 3 is 3.05 bits per heavy atom. The highest BCUT2D eigenvalue weighted by molar-refractivity contribution is 7.17.